The fourth-order valence-electron chi connectivity index (χ4n) is 3.37. The number of ether oxygens (including phenoxy) is 1. The summed E-state index contributed by atoms with van der Waals surface area (Å²) < 4.78 is 6.69. The van der Waals surface area contributed by atoms with Crippen LogP contribution in [0.3, 0.4) is 0 Å². The summed E-state index contributed by atoms with van der Waals surface area (Å²) in [6.45, 7) is 2.41. The summed E-state index contributed by atoms with van der Waals surface area (Å²) in [7, 11) is 1.36. The Morgan fingerprint density at radius 3 is 2.62 bits per heavy atom. The monoisotopic (exact) mass is 531 g/mol. The molecule has 2 aromatic carbocycles. The van der Waals surface area contributed by atoms with Crippen LogP contribution in [0.25, 0.3) is 11.1 Å². The zero-order chi connectivity index (χ0) is 24.2. The molecule has 0 saturated heterocycles. The van der Waals surface area contributed by atoms with E-state index in [1.165, 1.54) is 18.4 Å². The van der Waals surface area contributed by atoms with Crippen molar-refractivity contribution in [1.82, 2.24) is 14.8 Å². The molecule has 0 unspecified atom stereocenters. The van der Waals surface area contributed by atoms with Gasteiger partial charge in [-0.3, -0.25) is 5.32 Å². The minimum Gasteiger partial charge on any atom is -0.465 e. The van der Waals surface area contributed by atoms with E-state index in [1.807, 2.05) is 43.3 Å². The number of carbonyl (C=O) groups is 1. The first-order chi connectivity index (χ1) is 16.4. The van der Waals surface area contributed by atoms with Gasteiger partial charge in [-0.1, -0.05) is 59.6 Å². The normalized spacial score (nSPS) is 10.7. The van der Waals surface area contributed by atoms with Gasteiger partial charge in [-0.05, 0) is 42.4 Å². The molecule has 0 aliphatic carbocycles. The number of esters is 1. The predicted molar refractivity (Wildman–Crippen MR) is 141 cm³/mol. The number of nitrogens with one attached hydrogen (secondary N) is 2. The van der Waals surface area contributed by atoms with Gasteiger partial charge < -0.3 is 10.1 Å². The lowest BCUT2D eigenvalue weighted by Crippen LogP contribution is -2.21. The topological polar surface area (TPSA) is 81.1 Å². The third-order valence-electron chi connectivity index (χ3n) is 4.85. The van der Waals surface area contributed by atoms with E-state index in [1.54, 1.807) is 23.1 Å². The zero-order valence-corrected chi connectivity index (χ0v) is 21.3. The number of nitrogens with zero attached hydrogens (tertiary/aromatic N) is 3. The van der Waals surface area contributed by atoms with Crippen molar-refractivity contribution in [3.63, 3.8) is 0 Å². The van der Waals surface area contributed by atoms with E-state index in [4.69, 9.17) is 40.2 Å². The first-order valence-electron chi connectivity index (χ1n) is 10.0. The maximum Gasteiger partial charge on any atom is 0.341 e. The minimum absolute atomic E-state index is 0.248. The molecule has 0 radical (unpaired) electrons. The number of rotatable bonds is 6. The Bertz CT molecular complexity index is 1350. The standard InChI is InChI=1S/C23H19Cl2N5O2S2/c1-13-18(15-6-4-3-5-7-15)19(21(31)32-2)20(34-13)27-23(33)28-22-26-12-30(29-22)11-14-8-9-16(24)17(25)10-14/h3-10,12H,11H2,1-2H3,(H2,27,28,29,33). The SMILES string of the molecule is COC(=O)c1c(NC(=S)Nc2ncn(Cc3ccc(Cl)c(Cl)c3)n2)sc(C)c1-c1ccccc1. The average Bonchev–Trinajstić information content (AvgIpc) is 3.39. The summed E-state index contributed by atoms with van der Waals surface area (Å²) in [4.78, 5) is 17.8. The third kappa shape index (κ3) is 5.39. The molecule has 4 aromatic rings. The van der Waals surface area contributed by atoms with E-state index in [-0.39, 0.29) is 5.11 Å². The summed E-state index contributed by atoms with van der Waals surface area (Å²) in [6, 6.07) is 15.1. The number of aromatic nitrogens is 3. The second kappa shape index (κ2) is 10.5. The fourth-order valence-corrected chi connectivity index (χ4v) is 5.02. The van der Waals surface area contributed by atoms with Crippen molar-refractivity contribution in [1.29, 1.82) is 0 Å². The summed E-state index contributed by atoms with van der Waals surface area (Å²) in [5.74, 6) is -0.133. The maximum absolute atomic E-state index is 12.6. The van der Waals surface area contributed by atoms with Gasteiger partial charge in [-0.2, -0.15) is 0 Å². The molecule has 4 rings (SSSR count). The Hall–Kier alpha value is -2.98. The Balaban J connectivity index is 1.50. The van der Waals surface area contributed by atoms with Crippen LogP contribution >= 0.6 is 46.8 Å². The molecule has 0 saturated carbocycles. The zero-order valence-electron chi connectivity index (χ0n) is 18.1. The largest absolute Gasteiger partial charge is 0.465 e. The lowest BCUT2D eigenvalue weighted by atomic mass is 10.0. The molecule has 34 heavy (non-hydrogen) atoms. The number of hydrogen-bond acceptors (Lipinski definition) is 6. The summed E-state index contributed by atoms with van der Waals surface area (Å²) in [6.07, 6.45) is 1.58. The highest BCUT2D eigenvalue weighted by Gasteiger charge is 2.24. The molecule has 11 heteroatoms. The third-order valence-corrected chi connectivity index (χ3v) is 6.82. The minimum atomic E-state index is -0.447. The van der Waals surface area contributed by atoms with Gasteiger partial charge in [0, 0.05) is 10.4 Å². The Kier molecular flexibility index (Phi) is 7.47. The molecular formula is C23H19Cl2N5O2S2. The van der Waals surface area contributed by atoms with E-state index >= 15 is 0 Å². The van der Waals surface area contributed by atoms with Gasteiger partial charge in [-0.25, -0.2) is 14.5 Å². The molecule has 0 aliphatic heterocycles. The molecular weight excluding hydrogens is 513 g/mol. The van der Waals surface area contributed by atoms with Gasteiger partial charge in [-0.15, -0.1) is 16.4 Å². The molecule has 7 nitrogen and oxygen atoms in total. The number of halogens is 2. The van der Waals surface area contributed by atoms with E-state index in [2.05, 4.69) is 20.7 Å². The van der Waals surface area contributed by atoms with E-state index in [0.29, 0.717) is 33.1 Å². The van der Waals surface area contributed by atoms with Gasteiger partial charge in [0.25, 0.3) is 0 Å². The Morgan fingerprint density at radius 1 is 1.15 bits per heavy atom. The molecule has 0 amide bonds. The molecule has 2 aromatic heterocycles. The van der Waals surface area contributed by atoms with E-state index in [0.717, 1.165) is 21.6 Å². The molecule has 0 aliphatic rings. The van der Waals surface area contributed by atoms with Crippen LogP contribution in [0.1, 0.15) is 20.8 Å². The number of benzene rings is 2. The Morgan fingerprint density at radius 2 is 1.91 bits per heavy atom. The van der Waals surface area contributed by atoms with Crippen LogP contribution in [0.4, 0.5) is 10.9 Å². The van der Waals surface area contributed by atoms with Crippen LogP contribution in [0.15, 0.2) is 54.9 Å². The van der Waals surface area contributed by atoms with Crippen molar-refractivity contribution in [2.45, 2.75) is 13.5 Å². The second-order valence-corrected chi connectivity index (χ2v) is 9.64. The molecule has 0 fully saturated rings. The number of aryl methyl sites for hydroxylation is 1. The summed E-state index contributed by atoms with van der Waals surface area (Å²) >= 11 is 18.9. The van der Waals surface area contributed by atoms with Crippen molar-refractivity contribution in [2.24, 2.45) is 0 Å². The first kappa shape index (κ1) is 24.2. The van der Waals surface area contributed by atoms with Crippen LogP contribution < -0.4 is 10.6 Å². The van der Waals surface area contributed by atoms with E-state index < -0.39 is 5.97 Å². The molecule has 0 spiro atoms. The van der Waals surface area contributed by atoms with Crippen molar-refractivity contribution >= 4 is 68.8 Å². The number of anilines is 2. The highest BCUT2D eigenvalue weighted by atomic mass is 35.5. The van der Waals surface area contributed by atoms with Crippen molar-refractivity contribution in [3.05, 3.63) is 80.9 Å². The average molecular weight is 532 g/mol. The van der Waals surface area contributed by atoms with Gasteiger partial charge in [0.15, 0.2) is 5.11 Å². The first-order valence-corrected chi connectivity index (χ1v) is 12.0. The molecule has 2 N–H and O–H groups in total. The number of carbonyl (C=O) groups excluding carboxylic acids is 1. The maximum atomic E-state index is 12.6. The van der Waals surface area contributed by atoms with Gasteiger partial charge in [0.05, 0.1) is 23.7 Å². The number of methoxy groups -OCH3 is 1. The lowest BCUT2D eigenvalue weighted by molar-refractivity contribution is 0.0603. The highest BCUT2D eigenvalue weighted by molar-refractivity contribution is 7.80. The van der Waals surface area contributed by atoms with Gasteiger partial charge >= 0.3 is 5.97 Å². The predicted octanol–water partition coefficient (Wildman–Crippen LogP) is 6.27. The van der Waals surface area contributed by atoms with E-state index in [9.17, 15) is 4.79 Å². The summed E-state index contributed by atoms with van der Waals surface area (Å²) in [5.41, 5.74) is 3.09. The fraction of sp³-hybridized carbons (Fsp3) is 0.130. The highest BCUT2D eigenvalue weighted by Crippen LogP contribution is 2.40. The molecule has 0 bridgehead atoms. The second-order valence-electron chi connectivity index (χ2n) is 7.19. The van der Waals surface area contributed by atoms with Gasteiger partial charge in [0.2, 0.25) is 5.95 Å². The van der Waals surface area contributed by atoms with Crippen molar-refractivity contribution < 1.29 is 9.53 Å². The van der Waals surface area contributed by atoms with Gasteiger partial charge in [0.1, 0.15) is 16.9 Å². The molecule has 174 valence electrons. The Labute approximate surface area is 215 Å². The molecule has 0 atom stereocenters. The van der Waals surface area contributed by atoms with Crippen molar-refractivity contribution in [2.75, 3.05) is 17.7 Å². The number of hydrogen-bond donors (Lipinski definition) is 2. The quantitative estimate of drug-likeness (QED) is 0.224. The molecule has 2 heterocycles. The van der Waals surface area contributed by atoms with Crippen LogP contribution in [-0.4, -0.2) is 33.0 Å². The van der Waals surface area contributed by atoms with Crippen LogP contribution in [0.2, 0.25) is 10.0 Å². The summed E-state index contributed by atoms with van der Waals surface area (Å²) in [5, 5.41) is 12.2. The number of thiocarbonyl (C=S) groups is 1. The lowest BCUT2D eigenvalue weighted by Gasteiger charge is -2.09. The van der Waals surface area contributed by atoms with Crippen LogP contribution in [-0.2, 0) is 11.3 Å². The van der Waals surface area contributed by atoms with Crippen LogP contribution in [0.5, 0.6) is 0 Å². The smallest absolute Gasteiger partial charge is 0.341 e. The van der Waals surface area contributed by atoms with Crippen LogP contribution in [0, 0.1) is 6.92 Å². The van der Waals surface area contributed by atoms with Crippen molar-refractivity contribution in [3.8, 4) is 11.1 Å². The number of thiophene rings is 1.